The number of hydrogen-bond acceptors (Lipinski definition) is 9. The molecule has 130 valence electrons. The van der Waals surface area contributed by atoms with Crippen molar-refractivity contribution in [1.82, 2.24) is 0 Å². The molecule has 23 heavy (non-hydrogen) atoms. The van der Waals surface area contributed by atoms with Gasteiger partial charge in [-0.3, -0.25) is 0 Å². The first-order chi connectivity index (χ1) is 11.0. The minimum absolute atomic E-state index is 0.289. The molecule has 0 aromatic rings. The lowest BCUT2D eigenvalue weighted by Crippen LogP contribution is -2.46. The molecule has 0 spiro atoms. The Morgan fingerprint density at radius 3 is 2.48 bits per heavy atom. The molecule has 1 saturated carbocycles. The molecule has 4 aliphatic rings. The highest BCUT2D eigenvalue weighted by Crippen LogP contribution is 2.59. The Morgan fingerprint density at radius 2 is 1.83 bits per heavy atom. The molecule has 0 aromatic carbocycles. The molecule has 3 heterocycles. The Bertz CT molecular complexity index is 499. The van der Waals surface area contributed by atoms with Gasteiger partial charge in [0.05, 0.1) is 31.5 Å². The van der Waals surface area contributed by atoms with Gasteiger partial charge in [-0.1, -0.05) is 0 Å². The van der Waals surface area contributed by atoms with Crippen LogP contribution in [0.4, 0.5) is 0 Å². The van der Waals surface area contributed by atoms with E-state index in [9.17, 15) is 20.4 Å². The summed E-state index contributed by atoms with van der Waals surface area (Å²) in [6, 6.07) is 0. The fourth-order valence-corrected chi connectivity index (χ4v) is 3.97. The van der Waals surface area contributed by atoms with Crippen LogP contribution < -0.4 is 0 Å². The standard InChI is InChI=1S/C14H20O9/c15-3-6-9(18)10(19)13(21-6)22-12-7-5(1-2-20-12)8(17)11-14(7,4-16)23-11/h1-2,5-13,15-19H,3-4H2/t5?,6?,7?,8?,9?,10?,11?,12?,13?,14-/m1/s1. The van der Waals surface area contributed by atoms with Crippen molar-refractivity contribution < 1.29 is 44.5 Å². The van der Waals surface area contributed by atoms with E-state index >= 15 is 0 Å². The average molecular weight is 332 g/mol. The van der Waals surface area contributed by atoms with Crippen LogP contribution in [0.1, 0.15) is 0 Å². The van der Waals surface area contributed by atoms with E-state index < -0.39 is 61.2 Å². The zero-order chi connectivity index (χ0) is 16.4. The summed E-state index contributed by atoms with van der Waals surface area (Å²) in [7, 11) is 0. The van der Waals surface area contributed by atoms with Crippen molar-refractivity contribution in [3.8, 4) is 0 Å². The van der Waals surface area contributed by atoms with Crippen LogP contribution in [0.3, 0.4) is 0 Å². The molecule has 1 aliphatic carbocycles. The number of aliphatic hydroxyl groups is 5. The van der Waals surface area contributed by atoms with E-state index in [0.29, 0.717) is 0 Å². The first kappa shape index (κ1) is 15.7. The van der Waals surface area contributed by atoms with Crippen LogP contribution in [0.2, 0.25) is 0 Å². The molecule has 0 amide bonds. The van der Waals surface area contributed by atoms with Gasteiger partial charge in [-0.25, -0.2) is 0 Å². The maximum Gasteiger partial charge on any atom is 0.208 e. The summed E-state index contributed by atoms with van der Waals surface area (Å²) in [6.45, 7) is -0.747. The molecule has 9 heteroatoms. The number of ether oxygens (including phenoxy) is 4. The maximum atomic E-state index is 10.2. The Kier molecular flexibility index (Phi) is 3.67. The third-order valence-corrected chi connectivity index (χ3v) is 5.27. The summed E-state index contributed by atoms with van der Waals surface area (Å²) in [5, 5.41) is 48.7. The molecular weight excluding hydrogens is 312 g/mol. The van der Waals surface area contributed by atoms with Gasteiger partial charge in [-0.05, 0) is 6.08 Å². The van der Waals surface area contributed by atoms with Gasteiger partial charge >= 0.3 is 0 Å². The van der Waals surface area contributed by atoms with Gasteiger partial charge < -0.3 is 44.5 Å². The highest BCUT2D eigenvalue weighted by Gasteiger charge is 2.75. The lowest BCUT2D eigenvalue weighted by molar-refractivity contribution is -0.275. The third kappa shape index (κ3) is 2.09. The minimum Gasteiger partial charge on any atom is -0.472 e. The fraction of sp³-hybridized carbons (Fsp3) is 0.857. The average Bonchev–Trinajstić information content (AvgIpc) is 3.18. The number of fused-ring (bicyclic) bond motifs is 3. The molecule has 0 bridgehead atoms. The molecule has 0 aromatic heterocycles. The van der Waals surface area contributed by atoms with Gasteiger partial charge in [0.2, 0.25) is 6.29 Å². The van der Waals surface area contributed by atoms with Crippen LogP contribution >= 0.6 is 0 Å². The van der Waals surface area contributed by atoms with Gasteiger partial charge in [0, 0.05) is 5.92 Å². The summed E-state index contributed by atoms with van der Waals surface area (Å²) in [6.07, 6.45) is -3.84. The second-order valence-electron chi connectivity index (χ2n) is 6.42. The second kappa shape index (κ2) is 5.36. The quantitative estimate of drug-likeness (QED) is 0.342. The second-order valence-corrected chi connectivity index (χ2v) is 6.42. The highest BCUT2D eigenvalue weighted by molar-refractivity contribution is 5.24. The van der Waals surface area contributed by atoms with E-state index in [1.165, 1.54) is 6.26 Å². The molecule has 0 radical (unpaired) electrons. The molecule has 9 nitrogen and oxygen atoms in total. The summed E-state index contributed by atoms with van der Waals surface area (Å²) in [5.41, 5.74) is -0.932. The van der Waals surface area contributed by atoms with Crippen molar-refractivity contribution in [2.24, 2.45) is 11.8 Å². The van der Waals surface area contributed by atoms with Crippen LogP contribution in [0.25, 0.3) is 0 Å². The predicted molar refractivity (Wildman–Crippen MR) is 70.5 cm³/mol. The molecule has 3 aliphatic heterocycles. The number of aliphatic hydroxyl groups excluding tert-OH is 5. The van der Waals surface area contributed by atoms with Gasteiger partial charge in [-0.2, -0.15) is 0 Å². The molecule has 10 atom stereocenters. The van der Waals surface area contributed by atoms with E-state index in [1.54, 1.807) is 6.08 Å². The van der Waals surface area contributed by atoms with Crippen LogP contribution in [0.5, 0.6) is 0 Å². The summed E-state index contributed by atoms with van der Waals surface area (Å²) >= 11 is 0. The Morgan fingerprint density at radius 1 is 1.04 bits per heavy atom. The first-order valence-corrected chi connectivity index (χ1v) is 7.60. The predicted octanol–water partition coefficient (Wildman–Crippen LogP) is -2.95. The van der Waals surface area contributed by atoms with Crippen molar-refractivity contribution in [3.63, 3.8) is 0 Å². The topological polar surface area (TPSA) is 141 Å². The minimum atomic E-state index is -1.34. The van der Waals surface area contributed by atoms with E-state index in [-0.39, 0.29) is 12.5 Å². The lowest BCUT2D eigenvalue weighted by Gasteiger charge is -2.36. The maximum absolute atomic E-state index is 10.2. The van der Waals surface area contributed by atoms with E-state index in [2.05, 4.69) is 0 Å². The van der Waals surface area contributed by atoms with Crippen molar-refractivity contribution in [1.29, 1.82) is 0 Å². The zero-order valence-corrected chi connectivity index (χ0v) is 12.1. The van der Waals surface area contributed by atoms with E-state index in [0.717, 1.165) is 0 Å². The van der Waals surface area contributed by atoms with E-state index in [4.69, 9.17) is 24.1 Å². The SMILES string of the molecule is OCC1OC(OC2OC=CC3C(O)C4O[C@]4(CO)C23)C(O)C1O. The Balaban J connectivity index is 1.52. The first-order valence-electron chi connectivity index (χ1n) is 7.60. The Hall–Kier alpha value is -0.780. The highest BCUT2D eigenvalue weighted by atomic mass is 16.8. The molecule has 4 rings (SSSR count). The summed E-state index contributed by atoms with van der Waals surface area (Å²) in [5.74, 6) is -0.782. The molecule has 3 fully saturated rings. The largest absolute Gasteiger partial charge is 0.472 e. The third-order valence-electron chi connectivity index (χ3n) is 5.27. The normalized spacial score (nSPS) is 57.0. The summed E-state index contributed by atoms with van der Waals surface area (Å²) < 4.78 is 21.8. The number of hydrogen-bond donors (Lipinski definition) is 5. The monoisotopic (exact) mass is 332 g/mol. The fourth-order valence-electron chi connectivity index (χ4n) is 3.97. The van der Waals surface area contributed by atoms with E-state index in [1.807, 2.05) is 0 Å². The molecule has 9 unspecified atom stereocenters. The van der Waals surface area contributed by atoms with Crippen LogP contribution in [0.15, 0.2) is 12.3 Å². The summed E-state index contributed by atoms with van der Waals surface area (Å²) in [4.78, 5) is 0. The zero-order valence-electron chi connectivity index (χ0n) is 12.1. The van der Waals surface area contributed by atoms with Crippen LogP contribution in [-0.2, 0) is 18.9 Å². The van der Waals surface area contributed by atoms with Gasteiger partial charge in [0.25, 0.3) is 0 Å². The van der Waals surface area contributed by atoms with Crippen molar-refractivity contribution >= 4 is 0 Å². The lowest BCUT2D eigenvalue weighted by atomic mass is 9.86. The van der Waals surface area contributed by atoms with Crippen molar-refractivity contribution in [2.45, 2.75) is 48.7 Å². The number of rotatable bonds is 4. The van der Waals surface area contributed by atoms with Gasteiger partial charge in [0.1, 0.15) is 30.0 Å². The van der Waals surface area contributed by atoms with Crippen molar-refractivity contribution in [3.05, 3.63) is 12.3 Å². The Labute approximate surface area is 131 Å². The van der Waals surface area contributed by atoms with Gasteiger partial charge in [0.15, 0.2) is 6.29 Å². The van der Waals surface area contributed by atoms with Crippen LogP contribution in [0, 0.1) is 11.8 Å². The van der Waals surface area contributed by atoms with Crippen molar-refractivity contribution in [2.75, 3.05) is 13.2 Å². The van der Waals surface area contributed by atoms with Crippen LogP contribution in [-0.4, -0.2) is 87.4 Å². The smallest absolute Gasteiger partial charge is 0.208 e. The van der Waals surface area contributed by atoms with Gasteiger partial charge in [-0.15, -0.1) is 0 Å². The molecule has 2 saturated heterocycles. The molecule has 5 N–H and O–H groups in total. The number of epoxide rings is 1. The molecular formula is C14H20O9.